The van der Waals surface area contributed by atoms with Gasteiger partial charge in [-0.05, 0) is 13.3 Å². The molecule has 1 amide bonds. The Kier molecular flexibility index (Phi) is 4.55. The van der Waals surface area contributed by atoms with Gasteiger partial charge in [-0.25, -0.2) is 0 Å². The number of aromatic nitrogens is 2. The van der Waals surface area contributed by atoms with Crippen LogP contribution in [0.15, 0.2) is 6.20 Å². The zero-order chi connectivity index (χ0) is 13.8. The van der Waals surface area contributed by atoms with E-state index in [1.807, 2.05) is 18.7 Å². The first-order valence-corrected chi connectivity index (χ1v) is 6.81. The number of amides is 1. The number of β-amino-alcohol motifs (C(OH)–C–C–N with tert-alkyl or cyclic N) is 1. The standard InChI is InChI=1S/C13H22N4O2/c1-3-11(18)9-16-4-6-17(7-5-16)13(19)12-8-14-15-10(12)2/h8,11,18H,3-7,9H2,1-2H3,(H,14,15). The predicted molar refractivity (Wildman–Crippen MR) is 72.0 cm³/mol. The molecule has 0 radical (unpaired) electrons. The van der Waals surface area contributed by atoms with E-state index >= 15 is 0 Å². The number of aliphatic hydroxyl groups excluding tert-OH is 1. The van der Waals surface area contributed by atoms with Crippen molar-refractivity contribution in [3.05, 3.63) is 17.5 Å². The third-order valence-corrected chi connectivity index (χ3v) is 3.66. The molecule has 0 saturated carbocycles. The molecular weight excluding hydrogens is 244 g/mol. The Labute approximate surface area is 113 Å². The highest BCUT2D eigenvalue weighted by Crippen LogP contribution is 2.11. The Hall–Kier alpha value is -1.40. The SMILES string of the molecule is CCC(O)CN1CCN(C(=O)c2cn[nH]c2C)CC1. The smallest absolute Gasteiger partial charge is 0.257 e. The molecule has 1 unspecified atom stereocenters. The lowest BCUT2D eigenvalue weighted by molar-refractivity contribution is 0.0523. The van der Waals surface area contributed by atoms with Crippen molar-refractivity contribution >= 4 is 5.91 Å². The lowest BCUT2D eigenvalue weighted by Gasteiger charge is -2.35. The summed E-state index contributed by atoms with van der Waals surface area (Å²) in [4.78, 5) is 16.3. The molecule has 2 heterocycles. The summed E-state index contributed by atoms with van der Waals surface area (Å²) < 4.78 is 0. The maximum atomic E-state index is 12.3. The third-order valence-electron chi connectivity index (χ3n) is 3.66. The van der Waals surface area contributed by atoms with E-state index in [0.29, 0.717) is 25.2 Å². The van der Waals surface area contributed by atoms with E-state index in [1.165, 1.54) is 0 Å². The summed E-state index contributed by atoms with van der Waals surface area (Å²) in [5.41, 5.74) is 1.47. The highest BCUT2D eigenvalue weighted by molar-refractivity contribution is 5.95. The molecule has 1 aliphatic rings. The van der Waals surface area contributed by atoms with Gasteiger partial charge in [-0.15, -0.1) is 0 Å². The summed E-state index contributed by atoms with van der Waals surface area (Å²) >= 11 is 0. The molecule has 6 heteroatoms. The van der Waals surface area contributed by atoms with Crippen LogP contribution in [0.5, 0.6) is 0 Å². The van der Waals surface area contributed by atoms with Crippen molar-refractivity contribution in [2.24, 2.45) is 0 Å². The van der Waals surface area contributed by atoms with Crippen LogP contribution in [-0.2, 0) is 0 Å². The highest BCUT2D eigenvalue weighted by Gasteiger charge is 2.24. The minimum atomic E-state index is -0.265. The lowest BCUT2D eigenvalue weighted by atomic mass is 10.2. The molecule has 1 aromatic heterocycles. The predicted octanol–water partition coefficient (Wildman–Crippen LogP) is 0.247. The number of aryl methyl sites for hydroxylation is 1. The molecule has 0 bridgehead atoms. The van der Waals surface area contributed by atoms with Gasteiger partial charge in [-0.3, -0.25) is 14.8 Å². The average molecular weight is 266 g/mol. The molecule has 1 aromatic rings. The largest absolute Gasteiger partial charge is 0.392 e. The third kappa shape index (κ3) is 3.33. The Morgan fingerprint density at radius 1 is 1.47 bits per heavy atom. The number of carbonyl (C=O) groups is 1. The number of nitrogens with zero attached hydrogens (tertiary/aromatic N) is 3. The molecule has 2 rings (SSSR count). The van der Waals surface area contributed by atoms with Crippen LogP contribution in [0.2, 0.25) is 0 Å². The van der Waals surface area contributed by atoms with Gasteiger partial charge >= 0.3 is 0 Å². The molecule has 106 valence electrons. The molecule has 2 N–H and O–H groups in total. The normalized spacial score (nSPS) is 18.6. The highest BCUT2D eigenvalue weighted by atomic mass is 16.3. The molecule has 0 spiro atoms. The van der Waals surface area contributed by atoms with Crippen molar-refractivity contribution in [3.63, 3.8) is 0 Å². The molecular formula is C13H22N4O2. The molecule has 1 saturated heterocycles. The van der Waals surface area contributed by atoms with Gasteiger partial charge < -0.3 is 10.0 Å². The number of piperazine rings is 1. The van der Waals surface area contributed by atoms with E-state index in [-0.39, 0.29) is 12.0 Å². The summed E-state index contributed by atoms with van der Waals surface area (Å²) in [6.45, 7) is 7.59. The van der Waals surface area contributed by atoms with Gasteiger partial charge in [0.2, 0.25) is 0 Å². The molecule has 1 atom stereocenters. The van der Waals surface area contributed by atoms with Crippen LogP contribution in [0.25, 0.3) is 0 Å². The van der Waals surface area contributed by atoms with Crippen molar-refractivity contribution in [1.29, 1.82) is 0 Å². The number of hydrogen-bond acceptors (Lipinski definition) is 4. The van der Waals surface area contributed by atoms with Gasteiger partial charge in [0.05, 0.1) is 17.9 Å². The van der Waals surface area contributed by atoms with Crippen LogP contribution in [0.3, 0.4) is 0 Å². The lowest BCUT2D eigenvalue weighted by Crippen LogP contribution is -2.50. The zero-order valence-corrected chi connectivity index (χ0v) is 11.6. The van der Waals surface area contributed by atoms with Crippen LogP contribution < -0.4 is 0 Å². The first-order chi connectivity index (χ1) is 9.11. The Bertz CT molecular complexity index is 424. The minimum Gasteiger partial charge on any atom is -0.392 e. The molecule has 1 aliphatic heterocycles. The zero-order valence-electron chi connectivity index (χ0n) is 11.6. The summed E-state index contributed by atoms with van der Waals surface area (Å²) in [6, 6.07) is 0. The van der Waals surface area contributed by atoms with Crippen molar-refractivity contribution in [2.75, 3.05) is 32.7 Å². The summed E-state index contributed by atoms with van der Waals surface area (Å²) in [5.74, 6) is 0.0435. The maximum Gasteiger partial charge on any atom is 0.257 e. The van der Waals surface area contributed by atoms with Crippen LogP contribution in [0.4, 0.5) is 0 Å². The summed E-state index contributed by atoms with van der Waals surface area (Å²) in [6.07, 6.45) is 2.09. The number of rotatable bonds is 4. The first-order valence-electron chi connectivity index (χ1n) is 6.81. The second kappa shape index (κ2) is 6.16. The van der Waals surface area contributed by atoms with Crippen molar-refractivity contribution < 1.29 is 9.90 Å². The van der Waals surface area contributed by atoms with E-state index in [1.54, 1.807) is 6.20 Å². The van der Waals surface area contributed by atoms with E-state index in [9.17, 15) is 9.90 Å². The first kappa shape index (κ1) is 14.0. The fourth-order valence-corrected chi connectivity index (χ4v) is 2.30. The van der Waals surface area contributed by atoms with Crippen molar-refractivity contribution in [2.45, 2.75) is 26.4 Å². The fraction of sp³-hybridized carbons (Fsp3) is 0.692. The number of aromatic amines is 1. The topological polar surface area (TPSA) is 72.5 Å². The Morgan fingerprint density at radius 3 is 2.68 bits per heavy atom. The number of carbonyl (C=O) groups excluding carboxylic acids is 1. The van der Waals surface area contributed by atoms with Crippen molar-refractivity contribution in [3.8, 4) is 0 Å². The molecule has 0 aromatic carbocycles. The monoisotopic (exact) mass is 266 g/mol. The number of aliphatic hydroxyl groups is 1. The maximum absolute atomic E-state index is 12.3. The van der Waals surface area contributed by atoms with E-state index in [2.05, 4.69) is 15.1 Å². The molecule has 0 aliphatic carbocycles. The van der Waals surface area contributed by atoms with Gasteiger partial charge in [0.15, 0.2) is 0 Å². The van der Waals surface area contributed by atoms with Crippen LogP contribution in [-0.4, -0.2) is 69.8 Å². The van der Waals surface area contributed by atoms with Gasteiger partial charge in [0.25, 0.3) is 5.91 Å². The van der Waals surface area contributed by atoms with Gasteiger partial charge in [0, 0.05) is 38.4 Å². The second-order valence-electron chi connectivity index (χ2n) is 5.06. The van der Waals surface area contributed by atoms with Crippen LogP contribution >= 0.6 is 0 Å². The molecule has 1 fully saturated rings. The average Bonchev–Trinajstić information content (AvgIpc) is 2.85. The van der Waals surface area contributed by atoms with Crippen LogP contribution in [0, 0.1) is 6.92 Å². The summed E-state index contributed by atoms with van der Waals surface area (Å²) in [5, 5.41) is 16.3. The van der Waals surface area contributed by atoms with Gasteiger partial charge in [0.1, 0.15) is 0 Å². The molecule has 19 heavy (non-hydrogen) atoms. The number of H-pyrrole nitrogens is 1. The second-order valence-corrected chi connectivity index (χ2v) is 5.06. The fourth-order valence-electron chi connectivity index (χ4n) is 2.30. The number of nitrogens with one attached hydrogen (secondary N) is 1. The van der Waals surface area contributed by atoms with Crippen LogP contribution in [0.1, 0.15) is 29.4 Å². The quantitative estimate of drug-likeness (QED) is 0.819. The van der Waals surface area contributed by atoms with E-state index in [4.69, 9.17) is 0 Å². The van der Waals surface area contributed by atoms with Gasteiger partial charge in [-0.2, -0.15) is 5.10 Å². The Balaban J connectivity index is 1.86. The molecule has 6 nitrogen and oxygen atoms in total. The van der Waals surface area contributed by atoms with Crippen molar-refractivity contribution in [1.82, 2.24) is 20.0 Å². The number of hydrogen-bond donors (Lipinski definition) is 2. The van der Waals surface area contributed by atoms with E-state index in [0.717, 1.165) is 25.2 Å². The Morgan fingerprint density at radius 2 is 2.16 bits per heavy atom. The van der Waals surface area contributed by atoms with E-state index < -0.39 is 0 Å². The van der Waals surface area contributed by atoms with Gasteiger partial charge in [-0.1, -0.05) is 6.92 Å². The minimum absolute atomic E-state index is 0.0435. The summed E-state index contributed by atoms with van der Waals surface area (Å²) in [7, 11) is 0.